The summed E-state index contributed by atoms with van der Waals surface area (Å²) in [5.74, 6) is 0. The first-order chi connectivity index (χ1) is 30.7. The van der Waals surface area contributed by atoms with E-state index in [0.29, 0.717) is 0 Å². The molecule has 0 unspecified atom stereocenters. The van der Waals surface area contributed by atoms with Gasteiger partial charge in [0.1, 0.15) is 0 Å². The lowest BCUT2D eigenvalue weighted by Crippen LogP contribution is -2.23. The van der Waals surface area contributed by atoms with Crippen molar-refractivity contribution in [1.29, 1.82) is 0 Å². The van der Waals surface area contributed by atoms with Gasteiger partial charge in [-0.25, -0.2) is 9.97 Å². The molecule has 2 aromatic heterocycles. The highest BCUT2D eigenvalue weighted by atomic mass is 15.3. The second-order valence-electron chi connectivity index (χ2n) is 15.5. The molecule has 3 heterocycles. The molecule has 0 saturated heterocycles. The van der Waals surface area contributed by atoms with E-state index in [4.69, 9.17) is 9.97 Å². The van der Waals surface area contributed by atoms with Gasteiger partial charge in [0.15, 0.2) is 0 Å². The summed E-state index contributed by atoms with van der Waals surface area (Å²) in [6.07, 6.45) is 0. The topological polar surface area (TPSA) is 32.3 Å². The number of pyridine rings is 2. The predicted molar refractivity (Wildman–Crippen MR) is 258 cm³/mol. The zero-order chi connectivity index (χ0) is 41.2. The van der Waals surface area contributed by atoms with Crippen LogP contribution in [0.3, 0.4) is 0 Å². The van der Waals surface area contributed by atoms with Gasteiger partial charge in [0.2, 0.25) is 0 Å². The summed E-state index contributed by atoms with van der Waals surface area (Å²) >= 11 is 0. The van der Waals surface area contributed by atoms with Crippen molar-refractivity contribution in [2.75, 3.05) is 9.80 Å². The van der Waals surface area contributed by atoms with Crippen molar-refractivity contribution in [3.05, 3.63) is 243 Å². The number of rotatable bonds is 8. The monoisotopic (exact) mass is 792 g/mol. The Morgan fingerprint density at radius 2 is 0.452 bits per heavy atom. The third kappa shape index (κ3) is 7.00. The lowest BCUT2D eigenvalue weighted by atomic mass is 9.98. The van der Waals surface area contributed by atoms with Crippen molar-refractivity contribution < 1.29 is 0 Å². The first-order valence-electron chi connectivity index (χ1n) is 21.0. The van der Waals surface area contributed by atoms with Crippen LogP contribution >= 0.6 is 0 Å². The molecule has 292 valence electrons. The molecule has 0 radical (unpaired) electrons. The smallest absolute Gasteiger partial charge is 0.0715 e. The van der Waals surface area contributed by atoms with Crippen LogP contribution in [-0.4, -0.2) is 9.97 Å². The SMILES string of the molecule is c1ccc(-c2cc(-c3ccc(N4c5ccccc5N(c5ccc(-c6cc(-c7ccccc7)nc(-c7ccccc7)c6)cc5)c5ccccc54)cc3)cc(-c3ccccc3)n2)cc1. The van der Waals surface area contributed by atoms with Crippen LogP contribution in [0.15, 0.2) is 243 Å². The van der Waals surface area contributed by atoms with Gasteiger partial charge in [0.05, 0.1) is 45.5 Å². The van der Waals surface area contributed by atoms with Gasteiger partial charge in [0.25, 0.3) is 0 Å². The Morgan fingerprint density at radius 3 is 0.710 bits per heavy atom. The molecular weight excluding hydrogens is 753 g/mol. The number of nitrogens with zero attached hydrogens (tertiary/aromatic N) is 4. The lowest BCUT2D eigenvalue weighted by Gasteiger charge is -2.40. The molecule has 1 aliphatic heterocycles. The molecule has 0 atom stereocenters. The number of hydrogen-bond donors (Lipinski definition) is 0. The van der Waals surface area contributed by atoms with Gasteiger partial charge in [-0.15, -0.1) is 0 Å². The Bertz CT molecular complexity index is 2770. The van der Waals surface area contributed by atoms with Crippen molar-refractivity contribution in [2.45, 2.75) is 0 Å². The summed E-state index contributed by atoms with van der Waals surface area (Å²) in [4.78, 5) is 15.0. The number of aromatic nitrogens is 2. The van der Waals surface area contributed by atoms with Crippen LogP contribution in [0.5, 0.6) is 0 Å². The molecule has 0 amide bonds. The lowest BCUT2D eigenvalue weighted by molar-refractivity contribution is 1.17. The summed E-state index contributed by atoms with van der Waals surface area (Å²) in [6, 6.07) is 85.7. The Morgan fingerprint density at radius 1 is 0.210 bits per heavy atom. The fraction of sp³-hybridized carbons (Fsp3) is 0. The Hall–Kier alpha value is -8.34. The third-order valence-electron chi connectivity index (χ3n) is 11.6. The zero-order valence-corrected chi connectivity index (χ0v) is 33.9. The van der Waals surface area contributed by atoms with Gasteiger partial charge in [-0.3, -0.25) is 0 Å². The van der Waals surface area contributed by atoms with Crippen molar-refractivity contribution in [2.24, 2.45) is 0 Å². The second kappa shape index (κ2) is 16.0. The fourth-order valence-electron chi connectivity index (χ4n) is 8.53. The van der Waals surface area contributed by atoms with Crippen molar-refractivity contribution in [3.8, 4) is 67.3 Å². The Labute approximate surface area is 362 Å². The molecule has 0 spiro atoms. The van der Waals surface area contributed by atoms with E-state index in [9.17, 15) is 0 Å². The van der Waals surface area contributed by atoms with E-state index < -0.39 is 0 Å². The molecule has 4 nitrogen and oxygen atoms in total. The largest absolute Gasteiger partial charge is 0.306 e. The molecule has 0 fully saturated rings. The fourth-order valence-corrected chi connectivity index (χ4v) is 8.53. The van der Waals surface area contributed by atoms with Crippen LogP contribution in [-0.2, 0) is 0 Å². The summed E-state index contributed by atoms with van der Waals surface area (Å²) in [5, 5.41) is 0. The van der Waals surface area contributed by atoms with Crippen LogP contribution in [0.4, 0.5) is 34.1 Å². The Balaban J connectivity index is 0.951. The van der Waals surface area contributed by atoms with Crippen LogP contribution < -0.4 is 9.80 Å². The minimum atomic E-state index is 0.952. The van der Waals surface area contributed by atoms with Gasteiger partial charge in [0, 0.05) is 33.6 Å². The number of para-hydroxylation sites is 4. The van der Waals surface area contributed by atoms with E-state index in [1.54, 1.807) is 0 Å². The van der Waals surface area contributed by atoms with E-state index in [1.807, 2.05) is 24.3 Å². The Kier molecular flexibility index (Phi) is 9.49. The number of benzene rings is 8. The summed E-state index contributed by atoms with van der Waals surface area (Å²) in [7, 11) is 0. The average molecular weight is 793 g/mol. The quantitative estimate of drug-likeness (QED) is 0.153. The zero-order valence-electron chi connectivity index (χ0n) is 33.9. The summed E-state index contributed by atoms with van der Waals surface area (Å²) in [5.41, 5.74) is 19.3. The molecule has 11 rings (SSSR count). The molecule has 0 bridgehead atoms. The molecular formula is C58H40N4. The number of fused-ring (bicyclic) bond motifs is 2. The standard InChI is InChI=1S/C58H40N4/c1-5-17-43(18-6-1)51-37-47(38-52(59-51)44-19-7-2-8-20-44)41-29-33-49(34-30-41)61-55-25-13-15-27-57(55)62(58-28-16-14-26-56(58)61)50-35-31-42(32-36-50)48-39-53(45-21-9-3-10-22-45)60-54(40-48)46-23-11-4-12-24-46/h1-40H. The van der Waals surface area contributed by atoms with Gasteiger partial charge in [-0.2, -0.15) is 0 Å². The van der Waals surface area contributed by atoms with Gasteiger partial charge < -0.3 is 9.80 Å². The van der Waals surface area contributed by atoms with Gasteiger partial charge in [-0.1, -0.05) is 170 Å². The highest BCUT2D eigenvalue weighted by Crippen LogP contribution is 2.54. The van der Waals surface area contributed by atoms with E-state index in [2.05, 4.69) is 228 Å². The van der Waals surface area contributed by atoms with Crippen molar-refractivity contribution >= 4 is 34.1 Å². The minimum Gasteiger partial charge on any atom is -0.306 e. The first-order valence-corrected chi connectivity index (χ1v) is 21.0. The summed E-state index contributed by atoms with van der Waals surface area (Å²) in [6.45, 7) is 0. The normalized spacial score (nSPS) is 11.8. The number of hydrogen-bond acceptors (Lipinski definition) is 4. The molecule has 10 aromatic rings. The first kappa shape index (κ1) is 36.7. The van der Waals surface area contributed by atoms with E-state index in [0.717, 1.165) is 101 Å². The molecule has 0 saturated carbocycles. The third-order valence-corrected chi connectivity index (χ3v) is 11.6. The second-order valence-corrected chi connectivity index (χ2v) is 15.5. The minimum absolute atomic E-state index is 0.952. The highest BCUT2D eigenvalue weighted by molar-refractivity contribution is 6.01. The summed E-state index contributed by atoms with van der Waals surface area (Å²) < 4.78 is 0. The maximum Gasteiger partial charge on any atom is 0.0715 e. The molecule has 1 aliphatic rings. The average Bonchev–Trinajstić information content (AvgIpc) is 3.36. The predicted octanol–water partition coefficient (Wildman–Crippen LogP) is 15.7. The van der Waals surface area contributed by atoms with Crippen LogP contribution in [0.1, 0.15) is 0 Å². The van der Waals surface area contributed by atoms with Gasteiger partial charge >= 0.3 is 0 Å². The van der Waals surface area contributed by atoms with Gasteiger partial charge in [-0.05, 0) is 95.1 Å². The molecule has 62 heavy (non-hydrogen) atoms. The van der Waals surface area contributed by atoms with E-state index in [1.165, 1.54) is 0 Å². The van der Waals surface area contributed by atoms with E-state index in [-0.39, 0.29) is 0 Å². The van der Waals surface area contributed by atoms with Crippen LogP contribution in [0.2, 0.25) is 0 Å². The molecule has 4 heteroatoms. The maximum atomic E-state index is 5.11. The van der Waals surface area contributed by atoms with Crippen molar-refractivity contribution in [1.82, 2.24) is 9.97 Å². The molecule has 0 N–H and O–H groups in total. The van der Waals surface area contributed by atoms with Crippen molar-refractivity contribution in [3.63, 3.8) is 0 Å². The maximum absolute atomic E-state index is 5.11. The van der Waals surface area contributed by atoms with E-state index >= 15 is 0 Å². The molecule has 8 aromatic carbocycles. The van der Waals surface area contributed by atoms with Crippen LogP contribution in [0, 0.1) is 0 Å². The highest BCUT2D eigenvalue weighted by Gasteiger charge is 2.30. The van der Waals surface area contributed by atoms with Crippen LogP contribution in [0.25, 0.3) is 67.3 Å². The number of anilines is 6. The molecule has 0 aliphatic carbocycles.